The van der Waals surface area contributed by atoms with Crippen molar-refractivity contribution in [1.29, 1.82) is 0 Å². The van der Waals surface area contributed by atoms with E-state index in [0.29, 0.717) is 0 Å². The average Bonchev–Trinajstić information content (AvgIpc) is 2.25. The first-order valence-corrected chi connectivity index (χ1v) is 10.2. The predicted molar refractivity (Wildman–Crippen MR) is 83.0 cm³/mol. The highest BCUT2D eigenvalue weighted by Crippen LogP contribution is 2.27. The molecule has 0 saturated carbocycles. The minimum atomic E-state index is -3.97. The summed E-state index contributed by atoms with van der Waals surface area (Å²) in [4.78, 5) is -0.281. The molecule has 0 fully saturated rings. The van der Waals surface area contributed by atoms with Gasteiger partial charge in [-0.25, -0.2) is 16.8 Å². The van der Waals surface area contributed by atoms with Gasteiger partial charge in [0.05, 0.1) is 29.2 Å². The second-order valence-corrected chi connectivity index (χ2v) is 9.21. The van der Waals surface area contributed by atoms with E-state index in [2.05, 4.69) is 4.72 Å². The Morgan fingerprint density at radius 1 is 1.24 bits per heavy atom. The molecule has 0 saturated heterocycles. The molecule has 0 aliphatic heterocycles. The van der Waals surface area contributed by atoms with Crippen molar-refractivity contribution in [1.82, 2.24) is 0 Å². The van der Waals surface area contributed by atoms with Crippen LogP contribution >= 0.6 is 22.3 Å². The number of nitrogens with one attached hydrogen (secondary N) is 1. The average molecular weight is 376 g/mol. The highest BCUT2D eigenvalue weighted by molar-refractivity contribution is 8.13. The molecule has 0 radical (unpaired) electrons. The van der Waals surface area contributed by atoms with E-state index < -0.39 is 19.1 Å². The third-order valence-electron chi connectivity index (χ3n) is 2.27. The van der Waals surface area contributed by atoms with Crippen LogP contribution in [-0.2, 0) is 23.8 Å². The largest absolute Gasteiger partial charge is 0.378 e. The molecular formula is C11H15Cl2NO5S2. The van der Waals surface area contributed by atoms with E-state index in [9.17, 15) is 16.8 Å². The van der Waals surface area contributed by atoms with Crippen LogP contribution in [0.2, 0.25) is 5.02 Å². The van der Waals surface area contributed by atoms with Crippen LogP contribution in [-0.4, -0.2) is 35.3 Å². The Hall–Kier alpha value is -0.540. The number of hydrogen-bond donors (Lipinski definition) is 1. The third kappa shape index (κ3) is 6.39. The first-order chi connectivity index (χ1) is 9.51. The second-order valence-electron chi connectivity index (χ2n) is 4.42. The first-order valence-electron chi connectivity index (χ1n) is 5.87. The Kier molecular flexibility index (Phi) is 6.30. The summed E-state index contributed by atoms with van der Waals surface area (Å²) in [7, 11) is -2.41. The normalized spacial score (nSPS) is 12.6. The van der Waals surface area contributed by atoms with Crippen LogP contribution in [0, 0.1) is 0 Å². The van der Waals surface area contributed by atoms with Crippen molar-refractivity contribution < 1.29 is 21.6 Å². The molecule has 6 nitrogen and oxygen atoms in total. The quantitative estimate of drug-likeness (QED) is 0.739. The summed E-state index contributed by atoms with van der Waals surface area (Å²) in [6, 6.07) is 3.58. The van der Waals surface area contributed by atoms with Crippen molar-refractivity contribution >= 4 is 47.0 Å². The Bertz CT molecular complexity index is 701. The van der Waals surface area contributed by atoms with Crippen molar-refractivity contribution in [2.45, 2.75) is 24.8 Å². The highest BCUT2D eigenvalue weighted by Gasteiger charge is 2.17. The van der Waals surface area contributed by atoms with E-state index in [-0.39, 0.29) is 34.1 Å². The highest BCUT2D eigenvalue weighted by atomic mass is 35.7. The molecule has 0 amide bonds. The minimum Gasteiger partial charge on any atom is -0.378 e. The fourth-order valence-electron chi connectivity index (χ4n) is 1.39. The molecule has 21 heavy (non-hydrogen) atoms. The number of rotatable bonds is 7. The molecule has 1 aromatic rings. The zero-order valence-corrected chi connectivity index (χ0v) is 14.5. The van der Waals surface area contributed by atoms with E-state index in [4.69, 9.17) is 27.0 Å². The van der Waals surface area contributed by atoms with Crippen molar-refractivity contribution in [3.63, 3.8) is 0 Å². The second kappa shape index (κ2) is 7.15. The summed E-state index contributed by atoms with van der Waals surface area (Å²) in [6.45, 7) is 3.64. The molecule has 0 unspecified atom stereocenters. The van der Waals surface area contributed by atoms with Crippen molar-refractivity contribution in [2.75, 3.05) is 17.1 Å². The Morgan fingerprint density at radius 2 is 1.86 bits per heavy atom. The van der Waals surface area contributed by atoms with Gasteiger partial charge in [-0.2, -0.15) is 0 Å². The fraction of sp³-hybridized carbons (Fsp3) is 0.455. The summed E-state index contributed by atoms with van der Waals surface area (Å²) in [5, 5.41) is -0.163. The summed E-state index contributed by atoms with van der Waals surface area (Å²) in [5.74, 6) is -0.224. The molecule has 10 heteroatoms. The minimum absolute atomic E-state index is 0.0505. The zero-order valence-electron chi connectivity index (χ0n) is 11.3. The molecule has 0 aliphatic carbocycles. The third-order valence-corrected chi connectivity index (χ3v) is 5.33. The van der Waals surface area contributed by atoms with Crippen LogP contribution in [0.1, 0.15) is 13.8 Å². The standard InChI is InChI=1S/C11H15Cl2NO5S2/c1-8(2)19-5-6-20(15,16)14-9-3-4-11(10(12)7-9)21(13,17)18/h3-4,7-8,14H,5-6H2,1-2H3. The molecule has 0 bridgehead atoms. The SMILES string of the molecule is CC(C)OCCS(=O)(=O)Nc1ccc(S(=O)(=O)Cl)c(Cl)c1. The lowest BCUT2D eigenvalue weighted by Gasteiger charge is -2.11. The maximum absolute atomic E-state index is 11.8. The number of hydrogen-bond acceptors (Lipinski definition) is 5. The van der Waals surface area contributed by atoms with Gasteiger partial charge in [0, 0.05) is 10.7 Å². The number of anilines is 1. The molecule has 120 valence electrons. The van der Waals surface area contributed by atoms with Gasteiger partial charge in [-0.3, -0.25) is 4.72 Å². The fourth-order valence-corrected chi connectivity index (χ4v) is 3.82. The van der Waals surface area contributed by atoms with E-state index in [1.165, 1.54) is 12.1 Å². The van der Waals surface area contributed by atoms with Gasteiger partial charge in [-0.05, 0) is 32.0 Å². The molecular weight excluding hydrogens is 361 g/mol. The maximum Gasteiger partial charge on any atom is 0.262 e. The van der Waals surface area contributed by atoms with Gasteiger partial charge in [-0.1, -0.05) is 11.6 Å². The summed E-state index contributed by atoms with van der Waals surface area (Å²) in [5.41, 5.74) is 0.147. The number of benzene rings is 1. The van der Waals surface area contributed by atoms with Gasteiger partial charge in [-0.15, -0.1) is 0 Å². The Morgan fingerprint density at radius 3 is 2.33 bits per heavy atom. The predicted octanol–water partition coefficient (Wildman–Crippen LogP) is 2.43. The van der Waals surface area contributed by atoms with Crippen LogP contribution in [0.25, 0.3) is 0 Å². The van der Waals surface area contributed by atoms with Gasteiger partial charge >= 0.3 is 0 Å². The molecule has 1 N–H and O–H groups in total. The zero-order chi connectivity index (χ0) is 16.3. The monoisotopic (exact) mass is 375 g/mol. The van der Waals surface area contributed by atoms with Crippen LogP contribution in [0.3, 0.4) is 0 Å². The van der Waals surface area contributed by atoms with E-state index in [0.717, 1.165) is 6.07 Å². The Labute approximate surface area is 133 Å². The van der Waals surface area contributed by atoms with E-state index >= 15 is 0 Å². The first kappa shape index (κ1) is 18.5. The van der Waals surface area contributed by atoms with Gasteiger partial charge in [0.25, 0.3) is 9.05 Å². The smallest absolute Gasteiger partial charge is 0.262 e. The molecule has 1 rings (SSSR count). The lowest BCUT2D eigenvalue weighted by molar-refractivity contribution is 0.0913. The number of sulfonamides is 1. The van der Waals surface area contributed by atoms with Crippen molar-refractivity contribution in [3.05, 3.63) is 23.2 Å². The molecule has 1 aromatic carbocycles. The van der Waals surface area contributed by atoms with Crippen LogP contribution in [0.5, 0.6) is 0 Å². The lowest BCUT2D eigenvalue weighted by Crippen LogP contribution is -2.21. The maximum atomic E-state index is 11.8. The van der Waals surface area contributed by atoms with Crippen molar-refractivity contribution in [2.24, 2.45) is 0 Å². The topological polar surface area (TPSA) is 89.5 Å². The van der Waals surface area contributed by atoms with Crippen LogP contribution in [0.15, 0.2) is 23.1 Å². The summed E-state index contributed by atoms with van der Waals surface area (Å²) in [6.07, 6.45) is -0.0668. The molecule has 0 aliphatic rings. The van der Waals surface area contributed by atoms with Crippen LogP contribution < -0.4 is 4.72 Å². The molecule has 0 spiro atoms. The van der Waals surface area contributed by atoms with Crippen LogP contribution in [0.4, 0.5) is 5.69 Å². The van der Waals surface area contributed by atoms with Gasteiger partial charge in [0.15, 0.2) is 0 Å². The summed E-state index contributed by atoms with van der Waals surface area (Å²) < 4.78 is 53.4. The molecule has 0 atom stereocenters. The van der Waals surface area contributed by atoms with E-state index in [1.54, 1.807) is 13.8 Å². The number of ether oxygens (including phenoxy) is 1. The van der Waals surface area contributed by atoms with E-state index in [1.807, 2.05) is 0 Å². The lowest BCUT2D eigenvalue weighted by atomic mass is 10.3. The van der Waals surface area contributed by atoms with Gasteiger partial charge < -0.3 is 4.74 Å². The molecule has 0 aromatic heterocycles. The molecule has 0 heterocycles. The van der Waals surface area contributed by atoms with Gasteiger partial charge in [0.2, 0.25) is 10.0 Å². The Balaban J connectivity index is 2.82. The summed E-state index contributed by atoms with van der Waals surface area (Å²) >= 11 is 5.77. The number of halogens is 2. The van der Waals surface area contributed by atoms with Crippen molar-refractivity contribution in [3.8, 4) is 0 Å². The van der Waals surface area contributed by atoms with Gasteiger partial charge in [0.1, 0.15) is 4.90 Å².